The van der Waals surface area contributed by atoms with Crippen molar-refractivity contribution in [2.75, 3.05) is 11.9 Å². The summed E-state index contributed by atoms with van der Waals surface area (Å²) in [5.74, 6) is 0.329. The van der Waals surface area contributed by atoms with Crippen LogP contribution in [0.1, 0.15) is 48.9 Å². The van der Waals surface area contributed by atoms with Gasteiger partial charge in [0.1, 0.15) is 0 Å². The van der Waals surface area contributed by atoms with E-state index < -0.39 is 0 Å². The van der Waals surface area contributed by atoms with E-state index in [1.165, 1.54) is 19.3 Å². The molecule has 1 spiro atoms. The molecule has 1 amide bonds. The summed E-state index contributed by atoms with van der Waals surface area (Å²) in [4.78, 5) is 21.0. The Bertz CT molecular complexity index is 742. The Hall–Kier alpha value is -2.47. The number of nitrogens with zero attached hydrogens (tertiary/aromatic N) is 2. The summed E-state index contributed by atoms with van der Waals surface area (Å²) in [6.07, 6.45) is 10.00. The topological polar surface area (TPSA) is 76.1 Å². The van der Waals surface area contributed by atoms with Crippen molar-refractivity contribution >= 4 is 17.5 Å². The van der Waals surface area contributed by atoms with Gasteiger partial charge in [-0.25, -0.2) is 9.97 Å². The van der Waals surface area contributed by atoms with E-state index in [-0.39, 0.29) is 17.6 Å². The highest BCUT2D eigenvalue weighted by Crippen LogP contribution is 2.39. The summed E-state index contributed by atoms with van der Waals surface area (Å²) in [5, 5.41) is 6.18. The van der Waals surface area contributed by atoms with Crippen LogP contribution in [0.2, 0.25) is 0 Å². The van der Waals surface area contributed by atoms with Gasteiger partial charge in [-0.15, -0.1) is 0 Å². The van der Waals surface area contributed by atoms with Gasteiger partial charge >= 0.3 is 0 Å². The number of aromatic nitrogens is 2. The summed E-state index contributed by atoms with van der Waals surface area (Å²) in [6, 6.07) is 9.77. The van der Waals surface area contributed by atoms with Gasteiger partial charge in [-0.3, -0.25) is 4.79 Å². The van der Waals surface area contributed by atoms with Crippen LogP contribution >= 0.6 is 0 Å². The lowest BCUT2D eigenvalue weighted by molar-refractivity contribution is -0.0246. The average Bonchev–Trinajstić information content (AvgIpc) is 3.05. The molecule has 1 saturated carbocycles. The quantitative estimate of drug-likeness (QED) is 0.881. The van der Waals surface area contributed by atoms with Crippen LogP contribution in [0.3, 0.4) is 0 Å². The largest absolute Gasteiger partial charge is 0.373 e. The first-order chi connectivity index (χ1) is 12.7. The van der Waals surface area contributed by atoms with E-state index in [1.54, 1.807) is 12.4 Å². The minimum atomic E-state index is -0.141. The number of benzene rings is 1. The van der Waals surface area contributed by atoms with Crippen LogP contribution in [-0.4, -0.2) is 34.1 Å². The summed E-state index contributed by atoms with van der Waals surface area (Å²) in [5.41, 5.74) is 1.37. The third-order valence-electron chi connectivity index (χ3n) is 5.25. The van der Waals surface area contributed by atoms with E-state index in [2.05, 4.69) is 20.6 Å². The van der Waals surface area contributed by atoms with Gasteiger partial charge in [0.2, 0.25) is 5.95 Å². The van der Waals surface area contributed by atoms with Gasteiger partial charge in [-0.1, -0.05) is 37.5 Å². The van der Waals surface area contributed by atoms with E-state index in [1.807, 2.05) is 30.3 Å². The zero-order chi connectivity index (χ0) is 17.8. The number of amides is 1. The van der Waals surface area contributed by atoms with Crippen molar-refractivity contribution in [3.8, 4) is 0 Å². The second-order valence-corrected chi connectivity index (χ2v) is 7.22. The van der Waals surface area contributed by atoms with Crippen molar-refractivity contribution in [1.82, 2.24) is 15.3 Å². The van der Waals surface area contributed by atoms with E-state index in [9.17, 15) is 4.79 Å². The molecule has 1 aromatic carbocycles. The highest BCUT2D eigenvalue weighted by molar-refractivity contribution is 5.93. The second-order valence-electron chi connectivity index (χ2n) is 7.22. The van der Waals surface area contributed by atoms with Gasteiger partial charge in [0.15, 0.2) is 0 Å². The summed E-state index contributed by atoms with van der Waals surface area (Å²) >= 11 is 0. The van der Waals surface area contributed by atoms with Crippen molar-refractivity contribution in [2.24, 2.45) is 0 Å². The number of ether oxygens (including phenoxy) is 1. The first kappa shape index (κ1) is 17.0. The van der Waals surface area contributed by atoms with Gasteiger partial charge in [0.05, 0.1) is 23.8 Å². The summed E-state index contributed by atoms with van der Waals surface area (Å²) < 4.78 is 6.06. The van der Waals surface area contributed by atoms with E-state index in [0.29, 0.717) is 18.1 Å². The van der Waals surface area contributed by atoms with Crippen LogP contribution < -0.4 is 10.6 Å². The predicted molar refractivity (Wildman–Crippen MR) is 99.4 cm³/mol. The van der Waals surface area contributed by atoms with Gasteiger partial charge in [-0.05, 0) is 31.4 Å². The number of hydrogen-bond acceptors (Lipinski definition) is 5. The van der Waals surface area contributed by atoms with Gasteiger partial charge in [-0.2, -0.15) is 0 Å². The molecule has 1 aromatic heterocycles. The first-order valence-corrected chi connectivity index (χ1v) is 9.31. The molecule has 6 heteroatoms. The second kappa shape index (κ2) is 7.41. The number of anilines is 2. The number of hydrogen-bond donors (Lipinski definition) is 2. The minimum Gasteiger partial charge on any atom is -0.373 e. The molecular weight excluding hydrogens is 328 g/mol. The van der Waals surface area contributed by atoms with Crippen LogP contribution in [0.15, 0.2) is 42.7 Å². The van der Waals surface area contributed by atoms with E-state index in [0.717, 1.165) is 24.9 Å². The molecule has 26 heavy (non-hydrogen) atoms. The molecule has 1 atom stereocenters. The lowest BCUT2D eigenvalue weighted by Gasteiger charge is -2.32. The van der Waals surface area contributed by atoms with Gasteiger partial charge in [0, 0.05) is 18.1 Å². The molecule has 2 fully saturated rings. The maximum absolute atomic E-state index is 12.5. The van der Waals surface area contributed by atoms with Gasteiger partial charge in [0.25, 0.3) is 5.91 Å². The molecule has 1 aliphatic carbocycles. The van der Waals surface area contributed by atoms with Crippen LogP contribution in [-0.2, 0) is 4.74 Å². The number of carbonyl (C=O) groups excluding carboxylic acids is 1. The Balaban J connectivity index is 1.33. The minimum absolute atomic E-state index is 0.00381. The fraction of sp³-hybridized carbons (Fsp3) is 0.450. The SMILES string of the molecule is O=C(NC1COC2(CCCCC2)C1)c1cnc(Nc2ccccc2)nc1. The molecular formula is C20H24N4O2. The van der Waals surface area contributed by atoms with Crippen molar-refractivity contribution < 1.29 is 9.53 Å². The van der Waals surface area contributed by atoms with Crippen LogP contribution in [0.25, 0.3) is 0 Å². The molecule has 2 aliphatic rings. The van der Waals surface area contributed by atoms with Crippen molar-refractivity contribution in [1.29, 1.82) is 0 Å². The fourth-order valence-electron chi connectivity index (χ4n) is 3.91. The zero-order valence-electron chi connectivity index (χ0n) is 14.8. The van der Waals surface area contributed by atoms with Crippen LogP contribution in [0.5, 0.6) is 0 Å². The molecule has 2 heterocycles. The lowest BCUT2D eigenvalue weighted by atomic mass is 9.82. The average molecular weight is 352 g/mol. The van der Waals surface area contributed by atoms with Gasteiger partial charge < -0.3 is 15.4 Å². The normalized spacial score (nSPS) is 21.5. The third kappa shape index (κ3) is 3.85. The zero-order valence-corrected chi connectivity index (χ0v) is 14.8. The fourth-order valence-corrected chi connectivity index (χ4v) is 3.91. The molecule has 2 aromatic rings. The summed E-state index contributed by atoms with van der Waals surface area (Å²) in [6.45, 7) is 0.597. The number of nitrogens with one attached hydrogen (secondary N) is 2. The first-order valence-electron chi connectivity index (χ1n) is 9.31. The number of carbonyl (C=O) groups is 1. The Labute approximate surface area is 153 Å². The van der Waals surface area contributed by atoms with Crippen molar-refractivity contribution in [3.63, 3.8) is 0 Å². The van der Waals surface area contributed by atoms with E-state index in [4.69, 9.17) is 4.74 Å². The van der Waals surface area contributed by atoms with Crippen LogP contribution in [0, 0.1) is 0 Å². The number of rotatable bonds is 4. The Morgan fingerprint density at radius 1 is 1.08 bits per heavy atom. The number of para-hydroxylation sites is 1. The molecule has 4 rings (SSSR count). The Kier molecular flexibility index (Phi) is 4.84. The predicted octanol–water partition coefficient (Wildman–Crippen LogP) is 3.44. The lowest BCUT2D eigenvalue weighted by Crippen LogP contribution is -2.37. The molecule has 136 valence electrons. The van der Waals surface area contributed by atoms with Crippen molar-refractivity contribution in [3.05, 3.63) is 48.3 Å². The smallest absolute Gasteiger partial charge is 0.254 e. The highest BCUT2D eigenvalue weighted by atomic mass is 16.5. The molecule has 6 nitrogen and oxygen atoms in total. The Morgan fingerprint density at radius 3 is 2.54 bits per heavy atom. The molecule has 0 bridgehead atoms. The maximum atomic E-state index is 12.5. The standard InChI is InChI=1S/C20H24N4O2/c25-18(23-17-11-20(26-14-17)9-5-2-6-10-20)15-12-21-19(22-13-15)24-16-7-3-1-4-8-16/h1,3-4,7-8,12-13,17H,2,5-6,9-11,14H2,(H,23,25)(H,21,22,24). The Morgan fingerprint density at radius 2 is 1.81 bits per heavy atom. The highest BCUT2D eigenvalue weighted by Gasteiger charge is 2.41. The molecule has 1 saturated heterocycles. The summed E-state index contributed by atoms with van der Waals surface area (Å²) in [7, 11) is 0. The molecule has 2 N–H and O–H groups in total. The van der Waals surface area contributed by atoms with E-state index >= 15 is 0 Å². The third-order valence-corrected chi connectivity index (χ3v) is 5.25. The maximum Gasteiger partial charge on any atom is 0.254 e. The molecule has 1 unspecified atom stereocenters. The molecule has 0 radical (unpaired) electrons. The van der Waals surface area contributed by atoms with Crippen LogP contribution in [0.4, 0.5) is 11.6 Å². The van der Waals surface area contributed by atoms with Crippen molar-refractivity contribution in [2.45, 2.75) is 50.2 Å². The monoisotopic (exact) mass is 352 g/mol. The molecule has 1 aliphatic heterocycles.